The summed E-state index contributed by atoms with van der Waals surface area (Å²) in [5.41, 5.74) is 8.14. The molecule has 0 heterocycles. The molecule has 0 bridgehead atoms. The number of likely N-dealkylation sites (N-methyl/N-ethyl adjacent to an activating group) is 1. The summed E-state index contributed by atoms with van der Waals surface area (Å²) in [6.45, 7) is 0.671. The van der Waals surface area contributed by atoms with Gasteiger partial charge in [-0.05, 0) is 42.3 Å². The highest BCUT2D eigenvalue weighted by atomic mass is 79.9. The third-order valence-corrected chi connectivity index (χ3v) is 3.60. The summed E-state index contributed by atoms with van der Waals surface area (Å²) in [4.78, 5) is 14.0. The Morgan fingerprint density at radius 2 is 1.95 bits per heavy atom. The van der Waals surface area contributed by atoms with Gasteiger partial charge in [0.25, 0.3) is 5.91 Å². The number of hydrogen-bond acceptors (Lipinski definition) is 2. The summed E-state index contributed by atoms with van der Waals surface area (Å²) in [6.07, 6.45) is 0.823. The van der Waals surface area contributed by atoms with Gasteiger partial charge in [0.2, 0.25) is 0 Å². The Morgan fingerprint density at radius 1 is 1.20 bits per heavy atom. The Balaban J connectivity index is 1.98. The number of nitrogens with zero attached hydrogens (tertiary/aromatic N) is 1. The van der Waals surface area contributed by atoms with Crippen molar-refractivity contribution < 1.29 is 4.79 Å². The van der Waals surface area contributed by atoms with Gasteiger partial charge in [0.1, 0.15) is 0 Å². The Bertz CT molecular complexity index is 613. The minimum atomic E-state index is -0.00713. The van der Waals surface area contributed by atoms with E-state index in [0.717, 1.165) is 10.9 Å². The standard InChI is InChI=1S/C16H17BrN2O/c1-19(9-8-12-4-2-6-14(17)10-12)16(20)13-5-3-7-15(18)11-13/h2-7,10-11H,8-9,18H2,1H3. The summed E-state index contributed by atoms with van der Waals surface area (Å²) in [6, 6.07) is 15.2. The number of hydrogen-bond donors (Lipinski definition) is 1. The van der Waals surface area contributed by atoms with Crippen molar-refractivity contribution in [2.24, 2.45) is 0 Å². The molecule has 0 fully saturated rings. The Morgan fingerprint density at radius 3 is 2.65 bits per heavy atom. The summed E-state index contributed by atoms with van der Waals surface area (Å²) >= 11 is 3.45. The fourth-order valence-corrected chi connectivity index (χ4v) is 2.43. The number of halogens is 1. The van der Waals surface area contributed by atoms with E-state index in [1.165, 1.54) is 5.56 Å². The predicted octanol–water partition coefficient (Wildman–Crippen LogP) is 3.35. The van der Waals surface area contributed by atoms with Gasteiger partial charge in [-0.2, -0.15) is 0 Å². The molecule has 4 heteroatoms. The highest BCUT2D eigenvalue weighted by Crippen LogP contribution is 2.13. The van der Waals surface area contributed by atoms with Crippen molar-refractivity contribution in [3.8, 4) is 0 Å². The maximum absolute atomic E-state index is 12.2. The zero-order chi connectivity index (χ0) is 14.5. The van der Waals surface area contributed by atoms with Gasteiger partial charge in [0, 0.05) is 29.3 Å². The minimum absolute atomic E-state index is 0.00713. The van der Waals surface area contributed by atoms with E-state index < -0.39 is 0 Å². The number of nitrogens with two attached hydrogens (primary N) is 1. The van der Waals surface area contributed by atoms with Crippen molar-refractivity contribution >= 4 is 27.5 Å². The average Bonchev–Trinajstić information content (AvgIpc) is 2.44. The lowest BCUT2D eigenvalue weighted by molar-refractivity contribution is 0.0796. The molecule has 0 saturated heterocycles. The molecule has 1 amide bonds. The van der Waals surface area contributed by atoms with Gasteiger partial charge in [0.15, 0.2) is 0 Å². The molecule has 3 nitrogen and oxygen atoms in total. The molecule has 2 rings (SSSR count). The minimum Gasteiger partial charge on any atom is -0.399 e. The second kappa shape index (κ2) is 6.57. The number of benzene rings is 2. The molecule has 0 atom stereocenters. The molecule has 2 N–H and O–H groups in total. The zero-order valence-corrected chi connectivity index (χ0v) is 12.9. The van der Waals surface area contributed by atoms with Gasteiger partial charge in [-0.1, -0.05) is 34.1 Å². The molecule has 2 aromatic carbocycles. The fourth-order valence-electron chi connectivity index (χ4n) is 1.98. The van der Waals surface area contributed by atoms with Gasteiger partial charge in [-0.25, -0.2) is 0 Å². The first-order valence-corrected chi connectivity index (χ1v) is 7.21. The molecular weight excluding hydrogens is 316 g/mol. The molecule has 0 radical (unpaired) electrons. The van der Waals surface area contributed by atoms with E-state index in [0.29, 0.717) is 17.8 Å². The lowest BCUT2D eigenvalue weighted by atomic mass is 10.1. The number of carbonyl (C=O) groups is 1. The normalized spacial score (nSPS) is 10.3. The van der Waals surface area contributed by atoms with E-state index >= 15 is 0 Å². The molecule has 2 aromatic rings. The van der Waals surface area contributed by atoms with Gasteiger partial charge in [-0.3, -0.25) is 4.79 Å². The maximum atomic E-state index is 12.2. The second-order valence-electron chi connectivity index (χ2n) is 4.73. The first-order chi connectivity index (χ1) is 9.56. The maximum Gasteiger partial charge on any atom is 0.253 e. The number of anilines is 1. The van der Waals surface area contributed by atoms with Crippen molar-refractivity contribution in [2.75, 3.05) is 19.3 Å². The van der Waals surface area contributed by atoms with Crippen LogP contribution in [-0.2, 0) is 6.42 Å². The van der Waals surface area contributed by atoms with Crippen LogP contribution in [0.4, 0.5) is 5.69 Å². The SMILES string of the molecule is CN(CCc1cccc(Br)c1)C(=O)c1cccc(N)c1. The summed E-state index contributed by atoms with van der Waals surface area (Å²) in [7, 11) is 1.81. The third-order valence-electron chi connectivity index (χ3n) is 3.11. The second-order valence-corrected chi connectivity index (χ2v) is 5.65. The topological polar surface area (TPSA) is 46.3 Å². The predicted molar refractivity (Wildman–Crippen MR) is 85.7 cm³/mol. The molecule has 104 valence electrons. The van der Waals surface area contributed by atoms with Gasteiger partial charge in [0.05, 0.1) is 0 Å². The zero-order valence-electron chi connectivity index (χ0n) is 11.3. The molecule has 0 unspecified atom stereocenters. The highest BCUT2D eigenvalue weighted by Gasteiger charge is 2.11. The first kappa shape index (κ1) is 14.6. The lowest BCUT2D eigenvalue weighted by Gasteiger charge is -2.17. The van der Waals surface area contributed by atoms with Gasteiger partial charge in [-0.15, -0.1) is 0 Å². The first-order valence-electron chi connectivity index (χ1n) is 6.42. The molecule has 0 aliphatic carbocycles. The van der Waals surface area contributed by atoms with Crippen LogP contribution in [0.5, 0.6) is 0 Å². The Hall–Kier alpha value is -1.81. The quantitative estimate of drug-likeness (QED) is 0.873. The van der Waals surface area contributed by atoms with E-state index in [-0.39, 0.29) is 5.91 Å². The van der Waals surface area contributed by atoms with Crippen LogP contribution in [-0.4, -0.2) is 24.4 Å². The van der Waals surface area contributed by atoms with Crippen LogP contribution in [0.25, 0.3) is 0 Å². The number of carbonyl (C=O) groups excluding carboxylic acids is 1. The average molecular weight is 333 g/mol. The lowest BCUT2D eigenvalue weighted by Crippen LogP contribution is -2.28. The van der Waals surface area contributed by atoms with E-state index in [4.69, 9.17) is 5.73 Å². The van der Waals surface area contributed by atoms with Crippen LogP contribution in [0.2, 0.25) is 0 Å². The third kappa shape index (κ3) is 3.84. The van der Waals surface area contributed by atoms with Gasteiger partial charge >= 0.3 is 0 Å². The smallest absolute Gasteiger partial charge is 0.253 e. The van der Waals surface area contributed by atoms with Crippen LogP contribution in [0.1, 0.15) is 15.9 Å². The van der Waals surface area contributed by atoms with Crippen LogP contribution in [0.3, 0.4) is 0 Å². The number of nitrogen functional groups attached to an aromatic ring is 1. The van der Waals surface area contributed by atoms with E-state index in [9.17, 15) is 4.79 Å². The van der Waals surface area contributed by atoms with E-state index in [1.807, 2.05) is 19.2 Å². The molecule has 0 aromatic heterocycles. The number of amides is 1. The molecule has 0 aliphatic heterocycles. The summed E-state index contributed by atoms with van der Waals surface area (Å²) in [5, 5.41) is 0. The molecule has 0 saturated carbocycles. The summed E-state index contributed by atoms with van der Waals surface area (Å²) in [5.74, 6) is -0.00713. The van der Waals surface area contributed by atoms with Crippen molar-refractivity contribution in [1.29, 1.82) is 0 Å². The van der Waals surface area contributed by atoms with Gasteiger partial charge < -0.3 is 10.6 Å². The number of rotatable bonds is 4. The highest BCUT2D eigenvalue weighted by molar-refractivity contribution is 9.10. The molecule has 0 spiro atoms. The van der Waals surface area contributed by atoms with Crippen molar-refractivity contribution in [3.05, 3.63) is 64.1 Å². The Labute approximate surface area is 127 Å². The van der Waals surface area contributed by atoms with Crippen LogP contribution in [0.15, 0.2) is 53.0 Å². The fraction of sp³-hybridized carbons (Fsp3) is 0.188. The van der Waals surface area contributed by atoms with Crippen LogP contribution in [0, 0.1) is 0 Å². The van der Waals surface area contributed by atoms with E-state index in [1.54, 1.807) is 29.2 Å². The van der Waals surface area contributed by atoms with Crippen molar-refractivity contribution in [2.45, 2.75) is 6.42 Å². The van der Waals surface area contributed by atoms with Crippen LogP contribution < -0.4 is 5.73 Å². The monoisotopic (exact) mass is 332 g/mol. The summed E-state index contributed by atoms with van der Waals surface area (Å²) < 4.78 is 1.06. The molecule has 20 heavy (non-hydrogen) atoms. The molecular formula is C16H17BrN2O. The van der Waals surface area contributed by atoms with Crippen molar-refractivity contribution in [3.63, 3.8) is 0 Å². The van der Waals surface area contributed by atoms with Crippen LogP contribution >= 0.6 is 15.9 Å². The van der Waals surface area contributed by atoms with Crippen molar-refractivity contribution in [1.82, 2.24) is 4.90 Å². The van der Waals surface area contributed by atoms with E-state index in [2.05, 4.69) is 28.1 Å². The molecule has 0 aliphatic rings. The Kier molecular flexibility index (Phi) is 4.79. The largest absolute Gasteiger partial charge is 0.399 e.